The molecule has 0 aromatic heterocycles. The molecule has 1 rings (SSSR count). The molecule has 0 aliphatic rings. The second-order valence-corrected chi connectivity index (χ2v) is 4.72. The van der Waals surface area contributed by atoms with E-state index in [4.69, 9.17) is 9.84 Å². The van der Waals surface area contributed by atoms with Gasteiger partial charge in [0.25, 0.3) is 5.91 Å². The average molecular weight is 302 g/mol. The first-order chi connectivity index (χ1) is 7.99. The minimum Gasteiger partial charge on any atom is -0.481 e. The zero-order valence-electron chi connectivity index (χ0n) is 9.81. The maximum atomic E-state index is 11.6. The Morgan fingerprint density at radius 1 is 1.41 bits per heavy atom. The third-order valence-corrected chi connectivity index (χ3v) is 2.60. The van der Waals surface area contributed by atoms with Crippen LogP contribution in [0.1, 0.15) is 13.8 Å². The number of carbonyl (C=O) groups is 1. The van der Waals surface area contributed by atoms with Crippen LogP contribution < -0.4 is 10.1 Å². The number of halogens is 1. The van der Waals surface area contributed by atoms with E-state index >= 15 is 0 Å². The first-order valence-electron chi connectivity index (χ1n) is 5.37. The molecule has 4 nitrogen and oxygen atoms in total. The Morgan fingerprint density at radius 3 is 2.53 bits per heavy atom. The van der Waals surface area contributed by atoms with Crippen LogP contribution in [-0.4, -0.2) is 29.8 Å². The van der Waals surface area contributed by atoms with Gasteiger partial charge in [0.15, 0.2) is 6.10 Å². The molecule has 0 aliphatic heterocycles. The molecule has 5 heteroatoms. The summed E-state index contributed by atoms with van der Waals surface area (Å²) in [6.45, 7) is 3.51. The third kappa shape index (κ3) is 5.19. The van der Waals surface area contributed by atoms with Gasteiger partial charge in [-0.15, -0.1) is 0 Å². The summed E-state index contributed by atoms with van der Waals surface area (Å²) in [6, 6.07) is 7.25. The number of amides is 1. The first-order valence-corrected chi connectivity index (χ1v) is 6.16. The van der Waals surface area contributed by atoms with Crippen LogP contribution in [0, 0.1) is 0 Å². The Morgan fingerprint density at radius 2 is 2.00 bits per heavy atom. The summed E-state index contributed by atoms with van der Waals surface area (Å²) in [6.07, 6.45) is -1.14. The third-order valence-electron chi connectivity index (χ3n) is 2.07. The lowest BCUT2D eigenvalue weighted by atomic mass is 10.3. The highest BCUT2D eigenvalue weighted by atomic mass is 79.9. The average Bonchev–Trinajstić information content (AvgIpc) is 2.28. The molecule has 0 bridgehead atoms. The molecular weight excluding hydrogens is 286 g/mol. The van der Waals surface area contributed by atoms with E-state index in [0.29, 0.717) is 5.75 Å². The number of hydrogen-bond acceptors (Lipinski definition) is 3. The van der Waals surface area contributed by atoms with Crippen molar-refractivity contribution < 1.29 is 14.6 Å². The number of rotatable bonds is 5. The Hall–Kier alpha value is -1.07. The van der Waals surface area contributed by atoms with Gasteiger partial charge in [0, 0.05) is 11.0 Å². The summed E-state index contributed by atoms with van der Waals surface area (Å²) >= 11 is 3.32. The fourth-order valence-corrected chi connectivity index (χ4v) is 1.43. The minimum absolute atomic E-state index is 0.229. The van der Waals surface area contributed by atoms with Gasteiger partial charge in [0.1, 0.15) is 5.75 Å². The fraction of sp³-hybridized carbons (Fsp3) is 0.417. The number of hydrogen-bond donors (Lipinski definition) is 2. The van der Waals surface area contributed by atoms with Crippen molar-refractivity contribution in [3.8, 4) is 5.75 Å². The molecule has 0 spiro atoms. The predicted molar refractivity (Wildman–Crippen MR) is 68.9 cm³/mol. The van der Waals surface area contributed by atoms with E-state index in [2.05, 4.69) is 21.2 Å². The number of benzene rings is 1. The molecule has 94 valence electrons. The smallest absolute Gasteiger partial charge is 0.260 e. The zero-order valence-corrected chi connectivity index (χ0v) is 11.4. The van der Waals surface area contributed by atoms with Crippen molar-refractivity contribution >= 4 is 21.8 Å². The number of aliphatic hydroxyl groups is 1. The highest BCUT2D eigenvalue weighted by molar-refractivity contribution is 9.10. The second kappa shape index (κ2) is 6.61. The summed E-state index contributed by atoms with van der Waals surface area (Å²) in [7, 11) is 0. The van der Waals surface area contributed by atoms with E-state index in [0.717, 1.165) is 4.47 Å². The van der Waals surface area contributed by atoms with Gasteiger partial charge in [0.05, 0.1) is 6.10 Å². The van der Waals surface area contributed by atoms with Gasteiger partial charge in [0.2, 0.25) is 0 Å². The molecule has 1 amide bonds. The molecule has 0 heterocycles. The van der Waals surface area contributed by atoms with Gasteiger partial charge in [-0.3, -0.25) is 4.79 Å². The lowest BCUT2D eigenvalue weighted by Gasteiger charge is -2.15. The molecule has 2 atom stereocenters. The van der Waals surface area contributed by atoms with Gasteiger partial charge in [-0.1, -0.05) is 15.9 Å². The molecule has 0 fully saturated rings. The Balaban J connectivity index is 2.45. The monoisotopic (exact) mass is 301 g/mol. The van der Waals surface area contributed by atoms with Crippen molar-refractivity contribution in [2.45, 2.75) is 26.1 Å². The lowest BCUT2D eigenvalue weighted by molar-refractivity contribution is -0.127. The fourth-order valence-electron chi connectivity index (χ4n) is 1.16. The van der Waals surface area contributed by atoms with Gasteiger partial charge in [-0.05, 0) is 38.1 Å². The van der Waals surface area contributed by atoms with Crippen molar-refractivity contribution in [2.24, 2.45) is 0 Å². The van der Waals surface area contributed by atoms with E-state index in [1.54, 1.807) is 26.0 Å². The number of ether oxygens (including phenoxy) is 1. The van der Waals surface area contributed by atoms with Crippen LogP contribution in [0.15, 0.2) is 28.7 Å². The van der Waals surface area contributed by atoms with Crippen LogP contribution in [-0.2, 0) is 4.79 Å². The largest absolute Gasteiger partial charge is 0.481 e. The van der Waals surface area contributed by atoms with E-state index in [1.165, 1.54) is 0 Å². The van der Waals surface area contributed by atoms with Crippen molar-refractivity contribution in [2.75, 3.05) is 6.54 Å². The van der Waals surface area contributed by atoms with Gasteiger partial charge in [-0.25, -0.2) is 0 Å². The van der Waals surface area contributed by atoms with E-state index < -0.39 is 12.2 Å². The maximum absolute atomic E-state index is 11.6. The van der Waals surface area contributed by atoms with Gasteiger partial charge in [-0.2, -0.15) is 0 Å². The van der Waals surface area contributed by atoms with Crippen molar-refractivity contribution in [1.29, 1.82) is 0 Å². The number of nitrogens with one attached hydrogen (secondary N) is 1. The molecule has 0 radical (unpaired) electrons. The topological polar surface area (TPSA) is 58.6 Å². The number of aliphatic hydroxyl groups excluding tert-OH is 1. The lowest BCUT2D eigenvalue weighted by Crippen LogP contribution is -2.39. The predicted octanol–water partition coefficient (Wildman–Crippen LogP) is 1.71. The molecule has 1 aromatic rings. The maximum Gasteiger partial charge on any atom is 0.260 e. The minimum atomic E-state index is -0.588. The van der Waals surface area contributed by atoms with Crippen molar-refractivity contribution in [3.63, 3.8) is 0 Å². The molecule has 0 saturated heterocycles. The number of carbonyl (C=O) groups excluding carboxylic acids is 1. The Labute approximate surface area is 109 Å². The summed E-state index contributed by atoms with van der Waals surface area (Å²) in [4.78, 5) is 11.6. The van der Waals surface area contributed by atoms with Gasteiger partial charge >= 0.3 is 0 Å². The van der Waals surface area contributed by atoms with Gasteiger partial charge < -0.3 is 15.2 Å². The quantitative estimate of drug-likeness (QED) is 0.870. The van der Waals surface area contributed by atoms with Crippen LogP contribution in [0.3, 0.4) is 0 Å². The summed E-state index contributed by atoms with van der Waals surface area (Å²) < 4.78 is 6.40. The molecule has 2 N–H and O–H groups in total. The Kier molecular flexibility index (Phi) is 5.44. The Bertz CT molecular complexity index is 365. The van der Waals surface area contributed by atoms with E-state index in [9.17, 15) is 4.79 Å². The molecular formula is C12H16BrNO3. The van der Waals surface area contributed by atoms with E-state index in [1.807, 2.05) is 12.1 Å². The first kappa shape index (κ1) is 14.0. The standard InChI is InChI=1S/C12H16BrNO3/c1-8(15)7-14-12(16)9(2)17-11-5-3-10(13)4-6-11/h3-6,8-9,15H,7H2,1-2H3,(H,14,16)/t8-,9?/m0/s1. The summed E-state index contributed by atoms with van der Waals surface area (Å²) in [5, 5.41) is 11.6. The normalized spacial score (nSPS) is 13.9. The van der Waals surface area contributed by atoms with Crippen LogP contribution in [0.25, 0.3) is 0 Å². The highest BCUT2D eigenvalue weighted by Gasteiger charge is 2.14. The molecule has 0 saturated carbocycles. The summed E-state index contributed by atoms with van der Waals surface area (Å²) in [5.74, 6) is 0.390. The summed E-state index contributed by atoms with van der Waals surface area (Å²) in [5.41, 5.74) is 0. The van der Waals surface area contributed by atoms with Crippen molar-refractivity contribution in [3.05, 3.63) is 28.7 Å². The highest BCUT2D eigenvalue weighted by Crippen LogP contribution is 2.17. The van der Waals surface area contributed by atoms with E-state index in [-0.39, 0.29) is 12.5 Å². The molecule has 1 aromatic carbocycles. The SMILES string of the molecule is CC(Oc1ccc(Br)cc1)C(=O)NC[C@H](C)O. The van der Waals surface area contributed by atoms with Crippen LogP contribution >= 0.6 is 15.9 Å². The molecule has 1 unspecified atom stereocenters. The molecule has 17 heavy (non-hydrogen) atoms. The van der Waals surface area contributed by atoms with Crippen molar-refractivity contribution in [1.82, 2.24) is 5.32 Å². The zero-order chi connectivity index (χ0) is 12.8. The van der Waals surface area contributed by atoms with Crippen LogP contribution in [0.4, 0.5) is 0 Å². The van der Waals surface area contributed by atoms with Crippen LogP contribution in [0.5, 0.6) is 5.75 Å². The molecule has 0 aliphatic carbocycles. The van der Waals surface area contributed by atoms with Crippen LogP contribution in [0.2, 0.25) is 0 Å². The second-order valence-electron chi connectivity index (χ2n) is 3.81.